The topological polar surface area (TPSA) is 40.0 Å². The highest BCUT2D eigenvalue weighted by Crippen LogP contribution is 2.37. The maximum absolute atomic E-state index is 5.88. The van der Waals surface area contributed by atoms with Gasteiger partial charge in [0.05, 0.1) is 19.8 Å². The second-order valence-corrected chi connectivity index (χ2v) is 6.14. The third kappa shape index (κ3) is 3.27. The van der Waals surface area contributed by atoms with Gasteiger partial charge in [0.15, 0.2) is 11.5 Å². The number of hydrogen-bond acceptors (Lipinski definition) is 4. The van der Waals surface area contributed by atoms with Gasteiger partial charge in [0.2, 0.25) is 0 Å². The van der Waals surface area contributed by atoms with Crippen molar-refractivity contribution in [3.05, 3.63) is 23.3 Å². The van der Waals surface area contributed by atoms with Crippen LogP contribution in [0.3, 0.4) is 0 Å². The van der Waals surface area contributed by atoms with E-state index >= 15 is 0 Å². The van der Waals surface area contributed by atoms with Crippen molar-refractivity contribution in [3.63, 3.8) is 0 Å². The minimum Gasteiger partial charge on any atom is -0.493 e. The molecule has 1 atom stereocenters. The molecule has 22 heavy (non-hydrogen) atoms. The van der Waals surface area contributed by atoms with Gasteiger partial charge in [-0.3, -0.25) is 4.99 Å². The molecule has 3 rings (SSSR count). The van der Waals surface area contributed by atoms with Gasteiger partial charge in [0, 0.05) is 26.4 Å². The number of rotatable bonds is 7. The summed E-state index contributed by atoms with van der Waals surface area (Å²) in [6.45, 7) is 1.35. The van der Waals surface area contributed by atoms with Crippen molar-refractivity contribution in [1.29, 1.82) is 0 Å². The minimum atomic E-state index is 0.455. The SMILES string of the molecule is COCCCOc1cc2c(cc1OC)C=N[C@H](C1CCC1)C2. The molecule has 1 aromatic carbocycles. The summed E-state index contributed by atoms with van der Waals surface area (Å²) < 4.78 is 16.4. The Balaban J connectivity index is 1.73. The Bertz CT molecular complexity index is 537. The van der Waals surface area contributed by atoms with E-state index in [-0.39, 0.29) is 0 Å². The molecule has 0 N–H and O–H groups in total. The van der Waals surface area contributed by atoms with Gasteiger partial charge in [0.1, 0.15) is 0 Å². The molecule has 0 saturated heterocycles. The molecule has 120 valence electrons. The average Bonchev–Trinajstić information content (AvgIpc) is 2.49. The first-order valence-electron chi connectivity index (χ1n) is 8.17. The third-order valence-corrected chi connectivity index (χ3v) is 4.70. The van der Waals surface area contributed by atoms with Crippen LogP contribution >= 0.6 is 0 Å². The maximum Gasteiger partial charge on any atom is 0.161 e. The lowest BCUT2D eigenvalue weighted by molar-refractivity contribution is 0.170. The number of ether oxygens (including phenoxy) is 3. The first-order chi connectivity index (χ1) is 10.8. The van der Waals surface area contributed by atoms with E-state index in [1.54, 1.807) is 14.2 Å². The molecule has 0 amide bonds. The molecule has 1 aliphatic carbocycles. The van der Waals surface area contributed by atoms with Gasteiger partial charge >= 0.3 is 0 Å². The summed E-state index contributed by atoms with van der Waals surface area (Å²) in [7, 11) is 3.39. The normalized spacial score (nSPS) is 20.4. The van der Waals surface area contributed by atoms with Crippen LogP contribution in [-0.2, 0) is 11.2 Å². The van der Waals surface area contributed by atoms with Gasteiger partial charge < -0.3 is 14.2 Å². The summed E-state index contributed by atoms with van der Waals surface area (Å²) in [6.07, 6.45) is 7.93. The Morgan fingerprint density at radius 3 is 2.68 bits per heavy atom. The summed E-state index contributed by atoms with van der Waals surface area (Å²) >= 11 is 0. The molecular formula is C18H25NO3. The Hall–Kier alpha value is -1.55. The first-order valence-corrected chi connectivity index (χ1v) is 8.17. The Morgan fingerprint density at radius 1 is 1.14 bits per heavy atom. The van der Waals surface area contributed by atoms with Crippen LogP contribution in [0.1, 0.15) is 36.8 Å². The fraction of sp³-hybridized carbons (Fsp3) is 0.611. The zero-order valence-corrected chi connectivity index (χ0v) is 13.5. The van der Waals surface area contributed by atoms with Crippen LogP contribution in [0.2, 0.25) is 0 Å². The van der Waals surface area contributed by atoms with E-state index in [4.69, 9.17) is 19.2 Å². The van der Waals surface area contributed by atoms with Crippen LogP contribution in [0, 0.1) is 5.92 Å². The van der Waals surface area contributed by atoms with Gasteiger partial charge in [-0.05, 0) is 48.4 Å². The molecule has 1 fully saturated rings. The van der Waals surface area contributed by atoms with E-state index in [2.05, 4.69) is 6.07 Å². The molecule has 1 heterocycles. The fourth-order valence-electron chi connectivity index (χ4n) is 3.14. The van der Waals surface area contributed by atoms with Crippen LogP contribution in [0.5, 0.6) is 11.5 Å². The highest BCUT2D eigenvalue weighted by molar-refractivity contribution is 5.84. The van der Waals surface area contributed by atoms with Gasteiger partial charge in [-0.25, -0.2) is 0 Å². The van der Waals surface area contributed by atoms with E-state index in [1.807, 2.05) is 12.3 Å². The van der Waals surface area contributed by atoms with Crippen molar-refractivity contribution in [2.45, 2.75) is 38.1 Å². The predicted molar refractivity (Wildman–Crippen MR) is 87.4 cm³/mol. The Morgan fingerprint density at radius 2 is 2.00 bits per heavy atom. The van der Waals surface area contributed by atoms with E-state index < -0.39 is 0 Å². The summed E-state index contributed by atoms with van der Waals surface area (Å²) in [4.78, 5) is 4.75. The zero-order valence-electron chi connectivity index (χ0n) is 13.5. The van der Waals surface area contributed by atoms with Crippen molar-refractivity contribution in [2.75, 3.05) is 27.4 Å². The van der Waals surface area contributed by atoms with Crippen molar-refractivity contribution in [2.24, 2.45) is 10.9 Å². The molecule has 2 aliphatic rings. The molecule has 1 saturated carbocycles. The maximum atomic E-state index is 5.88. The Kier molecular flexibility index (Phi) is 4.98. The fourth-order valence-corrected chi connectivity index (χ4v) is 3.14. The lowest BCUT2D eigenvalue weighted by atomic mass is 9.76. The van der Waals surface area contributed by atoms with E-state index in [0.29, 0.717) is 19.3 Å². The molecule has 0 radical (unpaired) electrons. The molecule has 0 aromatic heterocycles. The molecule has 1 aliphatic heterocycles. The van der Waals surface area contributed by atoms with Crippen molar-refractivity contribution < 1.29 is 14.2 Å². The second-order valence-electron chi connectivity index (χ2n) is 6.14. The van der Waals surface area contributed by atoms with Crippen LogP contribution in [0.25, 0.3) is 0 Å². The monoisotopic (exact) mass is 303 g/mol. The van der Waals surface area contributed by atoms with Gasteiger partial charge in [-0.2, -0.15) is 0 Å². The predicted octanol–water partition coefficient (Wildman–Crippen LogP) is 3.25. The molecular weight excluding hydrogens is 278 g/mol. The average molecular weight is 303 g/mol. The van der Waals surface area contributed by atoms with Crippen molar-refractivity contribution in [1.82, 2.24) is 0 Å². The highest BCUT2D eigenvalue weighted by Gasteiger charge is 2.29. The smallest absolute Gasteiger partial charge is 0.161 e. The summed E-state index contributed by atoms with van der Waals surface area (Å²) in [5, 5.41) is 0. The van der Waals surface area contributed by atoms with E-state index in [1.165, 1.54) is 24.8 Å². The molecule has 4 heteroatoms. The lowest BCUT2D eigenvalue weighted by Crippen LogP contribution is -2.29. The van der Waals surface area contributed by atoms with Gasteiger partial charge in [0.25, 0.3) is 0 Å². The van der Waals surface area contributed by atoms with E-state index in [0.717, 1.165) is 35.8 Å². The highest BCUT2D eigenvalue weighted by atomic mass is 16.5. The number of aliphatic imine (C=N–C) groups is 1. The standard InChI is InChI=1S/C18H25NO3/c1-20-7-4-8-22-18-10-14-9-16(13-5-3-6-13)19-12-15(14)11-17(18)21-2/h10-13,16H,3-9H2,1-2H3/t16-/m0/s1. The van der Waals surface area contributed by atoms with Crippen LogP contribution in [0.4, 0.5) is 0 Å². The number of fused-ring (bicyclic) bond motifs is 1. The minimum absolute atomic E-state index is 0.455. The summed E-state index contributed by atoms with van der Waals surface area (Å²) in [5.74, 6) is 2.39. The van der Waals surface area contributed by atoms with Crippen molar-refractivity contribution >= 4 is 6.21 Å². The van der Waals surface area contributed by atoms with Gasteiger partial charge in [-0.1, -0.05) is 6.42 Å². The largest absolute Gasteiger partial charge is 0.493 e. The van der Waals surface area contributed by atoms with Crippen LogP contribution < -0.4 is 9.47 Å². The zero-order chi connectivity index (χ0) is 15.4. The molecule has 0 unspecified atom stereocenters. The number of benzene rings is 1. The second kappa shape index (κ2) is 7.14. The molecule has 4 nitrogen and oxygen atoms in total. The quantitative estimate of drug-likeness (QED) is 0.726. The van der Waals surface area contributed by atoms with E-state index in [9.17, 15) is 0 Å². The van der Waals surface area contributed by atoms with Crippen LogP contribution in [-0.4, -0.2) is 39.7 Å². The molecule has 0 bridgehead atoms. The molecule has 0 spiro atoms. The lowest BCUT2D eigenvalue weighted by Gasteiger charge is -2.33. The van der Waals surface area contributed by atoms with Crippen LogP contribution in [0.15, 0.2) is 17.1 Å². The number of nitrogens with zero attached hydrogens (tertiary/aromatic N) is 1. The third-order valence-electron chi connectivity index (χ3n) is 4.70. The summed E-state index contributed by atoms with van der Waals surface area (Å²) in [6, 6.07) is 4.63. The number of hydrogen-bond donors (Lipinski definition) is 0. The van der Waals surface area contributed by atoms with Crippen molar-refractivity contribution in [3.8, 4) is 11.5 Å². The molecule has 1 aromatic rings. The first kappa shape index (κ1) is 15.3. The Labute approximate surface area is 132 Å². The summed E-state index contributed by atoms with van der Waals surface area (Å²) in [5.41, 5.74) is 2.49. The van der Waals surface area contributed by atoms with Gasteiger partial charge in [-0.15, -0.1) is 0 Å². The number of methoxy groups -OCH3 is 2.